The summed E-state index contributed by atoms with van der Waals surface area (Å²) in [5, 5.41) is 0.423. The molecule has 112 valence electrons. The largest absolute Gasteiger partial charge is 0.319 e. The zero-order valence-electron chi connectivity index (χ0n) is 12.6. The molecule has 1 aromatic heterocycles. The lowest BCUT2D eigenvalue weighted by Crippen LogP contribution is -2.13. The van der Waals surface area contributed by atoms with Crippen molar-refractivity contribution in [2.45, 2.75) is 13.8 Å². The fourth-order valence-electron chi connectivity index (χ4n) is 2.45. The van der Waals surface area contributed by atoms with E-state index < -0.39 is 0 Å². The summed E-state index contributed by atoms with van der Waals surface area (Å²) in [6.45, 7) is 4.13. The Bertz CT molecular complexity index is 953. The van der Waals surface area contributed by atoms with Gasteiger partial charge in [-0.3, -0.25) is 4.79 Å². The summed E-state index contributed by atoms with van der Waals surface area (Å²) in [7, 11) is 1.93. The van der Waals surface area contributed by atoms with E-state index in [1.165, 1.54) is 22.5 Å². The van der Waals surface area contributed by atoms with Crippen molar-refractivity contribution in [2.24, 2.45) is 12.0 Å². The van der Waals surface area contributed by atoms with E-state index in [2.05, 4.69) is 31.0 Å². The number of carbonyl (C=O) groups is 1. The van der Waals surface area contributed by atoms with Crippen molar-refractivity contribution in [2.75, 3.05) is 0 Å². The number of rotatable bonds is 1. The fraction of sp³-hybridized carbons (Fsp3) is 0.176. The van der Waals surface area contributed by atoms with Gasteiger partial charge in [-0.2, -0.15) is 4.99 Å². The number of nitrogens with zero attached hydrogens (tertiary/aromatic N) is 2. The van der Waals surface area contributed by atoms with Gasteiger partial charge in [-0.25, -0.2) is 0 Å². The molecule has 0 bridgehead atoms. The van der Waals surface area contributed by atoms with E-state index in [4.69, 9.17) is 11.6 Å². The predicted molar refractivity (Wildman–Crippen MR) is 91.6 cm³/mol. The molecule has 0 fully saturated rings. The van der Waals surface area contributed by atoms with Crippen LogP contribution in [0.3, 0.4) is 0 Å². The van der Waals surface area contributed by atoms with Gasteiger partial charge in [0.25, 0.3) is 5.91 Å². The van der Waals surface area contributed by atoms with Gasteiger partial charge < -0.3 is 4.57 Å². The maximum absolute atomic E-state index is 12.4. The number of hydrogen-bond donors (Lipinski definition) is 0. The summed E-state index contributed by atoms with van der Waals surface area (Å²) in [4.78, 5) is 17.3. The molecule has 0 saturated carbocycles. The maximum atomic E-state index is 12.4. The van der Waals surface area contributed by atoms with Gasteiger partial charge in [-0.15, -0.1) is 0 Å². The Morgan fingerprint density at radius 2 is 1.82 bits per heavy atom. The van der Waals surface area contributed by atoms with Gasteiger partial charge in [0.15, 0.2) is 4.80 Å². The van der Waals surface area contributed by atoms with Crippen LogP contribution in [0, 0.1) is 13.8 Å². The summed E-state index contributed by atoms with van der Waals surface area (Å²) in [5.74, 6) is -0.317. The Hall–Kier alpha value is -1.91. The number of hydrogen-bond acceptors (Lipinski definition) is 2. The first-order chi connectivity index (χ1) is 10.5. The van der Waals surface area contributed by atoms with Crippen LogP contribution in [0.15, 0.2) is 41.4 Å². The van der Waals surface area contributed by atoms with Crippen LogP contribution in [0.25, 0.3) is 10.2 Å². The van der Waals surface area contributed by atoms with Crippen molar-refractivity contribution in [3.63, 3.8) is 0 Å². The maximum Gasteiger partial charge on any atom is 0.281 e. The fourth-order valence-corrected chi connectivity index (χ4v) is 3.83. The number of aryl methyl sites for hydroxylation is 3. The van der Waals surface area contributed by atoms with E-state index in [-0.39, 0.29) is 5.91 Å². The molecule has 0 radical (unpaired) electrons. The van der Waals surface area contributed by atoms with Gasteiger partial charge in [0.1, 0.15) is 0 Å². The Balaban J connectivity index is 2.21. The minimum absolute atomic E-state index is 0.317. The highest BCUT2D eigenvalue weighted by molar-refractivity contribution is 7.16. The number of fused-ring (bicyclic) bond motifs is 1. The Kier molecular flexibility index (Phi) is 3.89. The molecule has 5 heteroatoms. The van der Waals surface area contributed by atoms with Crippen LogP contribution in [-0.4, -0.2) is 10.5 Å². The zero-order chi connectivity index (χ0) is 15.9. The second-order valence-electron chi connectivity index (χ2n) is 5.22. The lowest BCUT2D eigenvalue weighted by molar-refractivity contribution is 0.0998. The molecule has 3 nitrogen and oxygen atoms in total. The quantitative estimate of drug-likeness (QED) is 0.656. The molecule has 1 amide bonds. The molecule has 0 unspecified atom stereocenters. The summed E-state index contributed by atoms with van der Waals surface area (Å²) >= 11 is 7.60. The smallest absolute Gasteiger partial charge is 0.281 e. The molecule has 1 heterocycles. The topological polar surface area (TPSA) is 34.4 Å². The molecule has 22 heavy (non-hydrogen) atoms. The standard InChI is InChI=1S/C17H15ClN2OS/c1-10-8-9-11(2)15-14(10)20(3)17(22-15)19-16(21)12-6-4-5-7-13(12)18/h4-9H,1-3H3. The van der Waals surface area contributed by atoms with Crippen LogP contribution in [0.1, 0.15) is 21.5 Å². The van der Waals surface area contributed by atoms with Crippen molar-refractivity contribution in [1.82, 2.24) is 4.57 Å². The number of thiazole rings is 1. The minimum atomic E-state index is -0.317. The molecule has 0 saturated heterocycles. The first-order valence-corrected chi connectivity index (χ1v) is 8.08. The molecule has 0 spiro atoms. The van der Waals surface area contributed by atoms with Crippen LogP contribution in [0.4, 0.5) is 0 Å². The predicted octanol–water partition coefficient (Wildman–Crippen LogP) is 4.25. The van der Waals surface area contributed by atoms with E-state index in [1.54, 1.807) is 24.3 Å². The summed E-state index contributed by atoms with van der Waals surface area (Å²) in [6.07, 6.45) is 0. The van der Waals surface area contributed by atoms with Crippen LogP contribution in [0.5, 0.6) is 0 Å². The molecule has 3 rings (SSSR count). The molecular formula is C17H15ClN2OS. The first-order valence-electron chi connectivity index (χ1n) is 6.88. The average Bonchev–Trinajstić information content (AvgIpc) is 2.82. The second-order valence-corrected chi connectivity index (χ2v) is 6.60. The molecule has 0 N–H and O–H groups in total. The van der Waals surface area contributed by atoms with Crippen molar-refractivity contribution in [3.05, 3.63) is 62.9 Å². The summed E-state index contributed by atoms with van der Waals surface area (Å²) < 4.78 is 3.13. The molecule has 0 aliphatic rings. The minimum Gasteiger partial charge on any atom is -0.319 e. The van der Waals surface area contributed by atoms with Crippen molar-refractivity contribution in [1.29, 1.82) is 0 Å². The lowest BCUT2D eigenvalue weighted by Gasteiger charge is -2.02. The number of amides is 1. The Morgan fingerprint density at radius 3 is 2.50 bits per heavy atom. The first kappa shape index (κ1) is 15.0. The number of benzene rings is 2. The zero-order valence-corrected chi connectivity index (χ0v) is 14.1. The Morgan fingerprint density at radius 1 is 1.14 bits per heavy atom. The van der Waals surface area contributed by atoms with Gasteiger partial charge in [-0.1, -0.05) is 47.2 Å². The van der Waals surface area contributed by atoms with Gasteiger partial charge in [0, 0.05) is 7.05 Å². The SMILES string of the molecule is Cc1ccc(C)c2c1sc(=NC(=O)c1ccccc1Cl)n2C. The third kappa shape index (κ3) is 2.49. The third-order valence-electron chi connectivity index (χ3n) is 3.65. The molecule has 0 atom stereocenters. The van der Waals surface area contributed by atoms with Gasteiger partial charge in [0.05, 0.1) is 20.8 Å². The third-order valence-corrected chi connectivity index (χ3v) is 5.24. The average molecular weight is 331 g/mol. The highest BCUT2D eigenvalue weighted by Gasteiger charge is 2.12. The van der Waals surface area contributed by atoms with Crippen LogP contribution >= 0.6 is 22.9 Å². The highest BCUT2D eigenvalue weighted by atomic mass is 35.5. The molecule has 0 aliphatic heterocycles. The number of halogens is 1. The van der Waals surface area contributed by atoms with Crippen molar-refractivity contribution in [3.8, 4) is 0 Å². The highest BCUT2D eigenvalue weighted by Crippen LogP contribution is 2.24. The summed E-state index contributed by atoms with van der Waals surface area (Å²) in [6, 6.07) is 11.2. The van der Waals surface area contributed by atoms with Crippen LogP contribution < -0.4 is 4.80 Å². The van der Waals surface area contributed by atoms with Crippen molar-refractivity contribution < 1.29 is 4.79 Å². The molecule has 3 aromatic rings. The van der Waals surface area contributed by atoms with Crippen molar-refractivity contribution >= 4 is 39.1 Å². The van der Waals surface area contributed by atoms with Gasteiger partial charge in [0.2, 0.25) is 0 Å². The van der Waals surface area contributed by atoms with Gasteiger partial charge in [-0.05, 0) is 37.1 Å². The van der Waals surface area contributed by atoms with E-state index in [9.17, 15) is 4.79 Å². The number of carbonyl (C=O) groups excluding carboxylic acids is 1. The monoisotopic (exact) mass is 330 g/mol. The van der Waals surface area contributed by atoms with E-state index >= 15 is 0 Å². The molecule has 0 aliphatic carbocycles. The van der Waals surface area contributed by atoms with E-state index in [0.29, 0.717) is 15.4 Å². The summed E-state index contributed by atoms with van der Waals surface area (Å²) in [5.41, 5.74) is 3.91. The van der Waals surface area contributed by atoms with Gasteiger partial charge >= 0.3 is 0 Å². The van der Waals surface area contributed by atoms with Crippen LogP contribution in [-0.2, 0) is 7.05 Å². The number of aromatic nitrogens is 1. The normalized spacial score (nSPS) is 12.1. The molecular weight excluding hydrogens is 316 g/mol. The van der Waals surface area contributed by atoms with E-state index in [1.807, 2.05) is 11.6 Å². The van der Waals surface area contributed by atoms with Crippen LogP contribution in [0.2, 0.25) is 5.02 Å². The second kappa shape index (κ2) is 5.71. The Labute approximate surface area is 137 Å². The molecule has 2 aromatic carbocycles. The van der Waals surface area contributed by atoms with E-state index in [0.717, 1.165) is 10.2 Å². The lowest BCUT2D eigenvalue weighted by atomic mass is 10.1.